The molecule has 0 heterocycles. The summed E-state index contributed by atoms with van der Waals surface area (Å²) in [4.78, 5) is 13.5. The van der Waals surface area contributed by atoms with Crippen molar-refractivity contribution in [1.29, 1.82) is 0 Å². The first-order valence-electron chi connectivity index (χ1n) is 8.16. The minimum absolute atomic E-state index is 0.205. The zero-order valence-corrected chi connectivity index (χ0v) is 14.2. The molecular formula is C19H22F2N2O2. The van der Waals surface area contributed by atoms with Gasteiger partial charge in [-0.15, -0.1) is 0 Å². The third kappa shape index (κ3) is 6.79. The van der Waals surface area contributed by atoms with Gasteiger partial charge in [0.05, 0.1) is 6.61 Å². The van der Waals surface area contributed by atoms with Gasteiger partial charge in [0.1, 0.15) is 17.4 Å². The van der Waals surface area contributed by atoms with E-state index in [0.29, 0.717) is 25.4 Å². The topological polar surface area (TPSA) is 41.6 Å². The molecule has 0 aliphatic carbocycles. The van der Waals surface area contributed by atoms with Crippen molar-refractivity contribution in [3.05, 3.63) is 65.7 Å². The summed E-state index contributed by atoms with van der Waals surface area (Å²) in [6.07, 6.45) is 1.53. The lowest BCUT2D eigenvalue weighted by Crippen LogP contribution is -2.37. The smallest absolute Gasteiger partial charge is 0.317 e. The molecule has 0 aliphatic heterocycles. The van der Waals surface area contributed by atoms with Crippen LogP contribution in [0, 0.1) is 11.6 Å². The second kappa shape index (κ2) is 9.61. The van der Waals surface area contributed by atoms with Gasteiger partial charge in [0.2, 0.25) is 0 Å². The number of nitrogens with zero attached hydrogens (tertiary/aromatic N) is 1. The van der Waals surface area contributed by atoms with Crippen molar-refractivity contribution in [3.8, 4) is 5.75 Å². The maximum atomic E-state index is 13.1. The Bertz CT molecular complexity index is 677. The molecule has 0 aliphatic rings. The van der Waals surface area contributed by atoms with Gasteiger partial charge < -0.3 is 15.0 Å². The molecule has 0 unspecified atom stereocenters. The van der Waals surface area contributed by atoms with Gasteiger partial charge in [-0.1, -0.05) is 12.1 Å². The van der Waals surface area contributed by atoms with Gasteiger partial charge in [-0.2, -0.15) is 0 Å². The number of nitrogens with one attached hydrogen (secondary N) is 1. The fourth-order valence-electron chi connectivity index (χ4n) is 2.26. The Kier molecular flexibility index (Phi) is 7.19. The Balaban J connectivity index is 1.59. The van der Waals surface area contributed by atoms with Crippen LogP contribution in [0.15, 0.2) is 48.5 Å². The van der Waals surface area contributed by atoms with E-state index < -0.39 is 0 Å². The van der Waals surface area contributed by atoms with Crippen molar-refractivity contribution in [3.63, 3.8) is 0 Å². The second-order valence-electron chi connectivity index (χ2n) is 5.73. The van der Waals surface area contributed by atoms with E-state index in [4.69, 9.17) is 4.74 Å². The molecule has 2 rings (SSSR count). The molecule has 4 nitrogen and oxygen atoms in total. The molecule has 0 spiro atoms. The van der Waals surface area contributed by atoms with Crippen molar-refractivity contribution < 1.29 is 18.3 Å². The third-order valence-electron chi connectivity index (χ3n) is 3.59. The molecule has 6 heteroatoms. The van der Waals surface area contributed by atoms with E-state index in [2.05, 4.69) is 5.32 Å². The van der Waals surface area contributed by atoms with Crippen LogP contribution in [-0.4, -0.2) is 31.1 Å². The van der Waals surface area contributed by atoms with Crippen LogP contribution in [-0.2, 0) is 6.54 Å². The minimum atomic E-state index is -0.313. The standard InChI is InChI=1S/C19H22F2N2O2/c1-23(14-15-5-4-6-17(21)13-15)19(24)22-11-2-3-12-25-18-9-7-16(20)8-10-18/h4-10,13H,2-3,11-12,14H2,1H3,(H,22,24). The van der Waals surface area contributed by atoms with Crippen molar-refractivity contribution in [2.75, 3.05) is 20.2 Å². The molecule has 0 fully saturated rings. The molecule has 0 atom stereocenters. The number of unbranched alkanes of at least 4 members (excludes halogenated alkanes) is 1. The van der Waals surface area contributed by atoms with Gasteiger partial charge in [-0.05, 0) is 54.8 Å². The SMILES string of the molecule is CN(Cc1cccc(F)c1)C(=O)NCCCCOc1ccc(F)cc1. The van der Waals surface area contributed by atoms with Crippen LogP contribution in [0.25, 0.3) is 0 Å². The van der Waals surface area contributed by atoms with Gasteiger partial charge in [0.25, 0.3) is 0 Å². The van der Waals surface area contributed by atoms with E-state index >= 15 is 0 Å². The lowest BCUT2D eigenvalue weighted by Gasteiger charge is -2.18. The first-order valence-corrected chi connectivity index (χ1v) is 8.16. The molecule has 0 saturated heterocycles. The van der Waals surface area contributed by atoms with E-state index in [1.165, 1.54) is 29.2 Å². The zero-order valence-electron chi connectivity index (χ0n) is 14.2. The highest BCUT2D eigenvalue weighted by atomic mass is 19.1. The molecule has 0 bridgehead atoms. The Hall–Kier alpha value is -2.63. The predicted octanol–water partition coefficient (Wildman–Crippen LogP) is 3.97. The summed E-state index contributed by atoms with van der Waals surface area (Å²) in [7, 11) is 1.66. The Morgan fingerprint density at radius 1 is 1.08 bits per heavy atom. The zero-order chi connectivity index (χ0) is 18.1. The lowest BCUT2D eigenvalue weighted by atomic mass is 10.2. The molecule has 2 aromatic carbocycles. The van der Waals surface area contributed by atoms with Gasteiger partial charge in [0, 0.05) is 20.1 Å². The molecule has 2 aromatic rings. The first kappa shape index (κ1) is 18.7. The average molecular weight is 348 g/mol. The normalized spacial score (nSPS) is 10.4. The molecule has 0 radical (unpaired) electrons. The summed E-state index contributed by atoms with van der Waals surface area (Å²) in [5, 5.41) is 2.81. The van der Waals surface area contributed by atoms with Crippen LogP contribution in [0.3, 0.4) is 0 Å². The summed E-state index contributed by atoms with van der Waals surface area (Å²) in [5.41, 5.74) is 0.741. The third-order valence-corrected chi connectivity index (χ3v) is 3.59. The van der Waals surface area contributed by atoms with E-state index in [-0.39, 0.29) is 17.7 Å². The number of benzene rings is 2. The number of amides is 2. The maximum Gasteiger partial charge on any atom is 0.317 e. The fraction of sp³-hybridized carbons (Fsp3) is 0.316. The van der Waals surface area contributed by atoms with Crippen LogP contribution in [0.1, 0.15) is 18.4 Å². The molecule has 0 saturated carbocycles. The van der Waals surface area contributed by atoms with Crippen LogP contribution >= 0.6 is 0 Å². The van der Waals surface area contributed by atoms with Crippen LogP contribution < -0.4 is 10.1 Å². The van der Waals surface area contributed by atoms with Gasteiger partial charge in [-0.25, -0.2) is 13.6 Å². The lowest BCUT2D eigenvalue weighted by molar-refractivity contribution is 0.206. The monoisotopic (exact) mass is 348 g/mol. The number of carbonyl (C=O) groups excluding carboxylic acids is 1. The number of ether oxygens (including phenoxy) is 1. The summed E-state index contributed by atoms with van der Waals surface area (Å²) < 4.78 is 31.4. The van der Waals surface area contributed by atoms with Crippen molar-refractivity contribution in [1.82, 2.24) is 10.2 Å². The van der Waals surface area contributed by atoms with Crippen LogP contribution in [0.4, 0.5) is 13.6 Å². The van der Waals surface area contributed by atoms with Gasteiger partial charge in [-0.3, -0.25) is 0 Å². The molecule has 2 amide bonds. The summed E-state index contributed by atoms with van der Waals surface area (Å²) in [5.74, 6) is 0.0187. The Labute approximate surface area is 146 Å². The predicted molar refractivity (Wildman–Crippen MR) is 92.4 cm³/mol. The quantitative estimate of drug-likeness (QED) is 0.734. The fourth-order valence-corrected chi connectivity index (χ4v) is 2.26. The first-order chi connectivity index (χ1) is 12.0. The average Bonchev–Trinajstić information content (AvgIpc) is 2.59. The summed E-state index contributed by atoms with van der Waals surface area (Å²) in [6.45, 7) is 1.37. The summed E-state index contributed by atoms with van der Waals surface area (Å²) in [6, 6.07) is 11.8. The minimum Gasteiger partial charge on any atom is -0.494 e. The maximum absolute atomic E-state index is 13.1. The molecule has 1 N–H and O–H groups in total. The number of hydrogen-bond donors (Lipinski definition) is 1. The number of urea groups is 1. The molecular weight excluding hydrogens is 326 g/mol. The number of carbonyl (C=O) groups is 1. The van der Waals surface area contributed by atoms with Crippen LogP contribution in [0.2, 0.25) is 0 Å². The Morgan fingerprint density at radius 2 is 1.84 bits per heavy atom. The van der Waals surface area contributed by atoms with Crippen molar-refractivity contribution in [2.45, 2.75) is 19.4 Å². The van der Waals surface area contributed by atoms with Gasteiger partial charge in [0.15, 0.2) is 0 Å². The van der Waals surface area contributed by atoms with Crippen molar-refractivity contribution >= 4 is 6.03 Å². The summed E-state index contributed by atoms with van der Waals surface area (Å²) >= 11 is 0. The van der Waals surface area contributed by atoms with Gasteiger partial charge >= 0.3 is 6.03 Å². The number of hydrogen-bond acceptors (Lipinski definition) is 2. The molecule has 134 valence electrons. The highest BCUT2D eigenvalue weighted by molar-refractivity contribution is 5.73. The van der Waals surface area contributed by atoms with E-state index in [1.807, 2.05) is 0 Å². The highest BCUT2D eigenvalue weighted by Gasteiger charge is 2.08. The van der Waals surface area contributed by atoms with E-state index in [1.54, 1.807) is 31.3 Å². The van der Waals surface area contributed by atoms with E-state index in [0.717, 1.165) is 18.4 Å². The van der Waals surface area contributed by atoms with E-state index in [9.17, 15) is 13.6 Å². The highest BCUT2D eigenvalue weighted by Crippen LogP contribution is 2.11. The number of halogens is 2. The molecule has 0 aromatic heterocycles. The second-order valence-corrected chi connectivity index (χ2v) is 5.73. The largest absolute Gasteiger partial charge is 0.494 e. The Morgan fingerprint density at radius 3 is 2.56 bits per heavy atom. The number of rotatable bonds is 8. The van der Waals surface area contributed by atoms with Crippen LogP contribution in [0.5, 0.6) is 5.75 Å². The van der Waals surface area contributed by atoms with Crippen molar-refractivity contribution in [2.24, 2.45) is 0 Å². The molecule has 25 heavy (non-hydrogen) atoms.